The smallest absolute Gasteiger partial charge is 0.327 e. The number of benzene rings is 3. The molecule has 3 aromatic carbocycles. The molecule has 7 heteroatoms. The van der Waals surface area contributed by atoms with Gasteiger partial charge in [0.2, 0.25) is 0 Å². The molecule has 0 aliphatic carbocycles. The number of pyridine rings is 1. The highest BCUT2D eigenvalue weighted by atomic mass is 32.2. The number of thioether (sulfide) groups is 1. The molecule has 0 saturated heterocycles. The quantitative estimate of drug-likeness (QED) is 0.350. The molecule has 0 saturated carbocycles. The summed E-state index contributed by atoms with van der Waals surface area (Å²) in [6.07, 6.45) is 0.499. The summed E-state index contributed by atoms with van der Waals surface area (Å²) in [6, 6.07) is 26.5. The normalized spacial score (nSPS) is 14.8. The van der Waals surface area contributed by atoms with Crippen LogP contribution in [0.2, 0.25) is 0 Å². The summed E-state index contributed by atoms with van der Waals surface area (Å²) in [7, 11) is 0. The number of nitrogens with zero attached hydrogens (tertiary/aromatic N) is 2. The van der Waals surface area contributed by atoms with Gasteiger partial charge in [0.05, 0.1) is 10.6 Å². The average Bonchev–Trinajstić information content (AvgIpc) is 3.54. The summed E-state index contributed by atoms with van der Waals surface area (Å²) in [5, 5.41) is 16.8. The van der Waals surface area contributed by atoms with Gasteiger partial charge in [0.1, 0.15) is 11.7 Å². The third kappa shape index (κ3) is 3.74. The van der Waals surface area contributed by atoms with Crippen LogP contribution < -0.4 is 5.56 Å². The standard InChI is InChI=1S/C28H20N2O4S/c31-25-14-20(13-19-11-6-10-17-7-4-5-12-21(17)19)26(27-30(25)23(16-35-27)28(32)33)24-15-22(29-34-24)18-8-2-1-3-9-18/h1-12,14-15,23H,13,16H2,(H,32,33). The maximum atomic E-state index is 13.2. The Balaban J connectivity index is 1.55. The van der Waals surface area contributed by atoms with E-state index in [1.54, 1.807) is 6.07 Å². The molecule has 1 unspecified atom stereocenters. The minimum atomic E-state index is -1.02. The van der Waals surface area contributed by atoms with E-state index < -0.39 is 12.0 Å². The molecule has 0 amide bonds. The number of aromatic nitrogens is 2. The van der Waals surface area contributed by atoms with E-state index in [9.17, 15) is 14.7 Å². The van der Waals surface area contributed by atoms with E-state index >= 15 is 0 Å². The van der Waals surface area contributed by atoms with Gasteiger partial charge in [0.15, 0.2) is 5.76 Å². The van der Waals surface area contributed by atoms with Crippen molar-refractivity contribution >= 4 is 28.5 Å². The van der Waals surface area contributed by atoms with Gasteiger partial charge in [0, 0.05) is 23.4 Å². The van der Waals surface area contributed by atoms with E-state index in [0.29, 0.717) is 22.9 Å². The molecule has 0 radical (unpaired) electrons. The summed E-state index contributed by atoms with van der Waals surface area (Å²) in [4.78, 5) is 25.0. The van der Waals surface area contributed by atoms with E-state index in [2.05, 4.69) is 29.4 Å². The Morgan fingerprint density at radius 3 is 2.60 bits per heavy atom. The van der Waals surface area contributed by atoms with Crippen molar-refractivity contribution in [1.82, 2.24) is 9.72 Å². The Morgan fingerprint density at radius 1 is 1.00 bits per heavy atom. The number of hydrogen-bond acceptors (Lipinski definition) is 5. The van der Waals surface area contributed by atoms with Gasteiger partial charge in [0.25, 0.3) is 5.56 Å². The Hall–Kier alpha value is -4.10. The SMILES string of the molecule is O=C(O)C1CSc2c(-c3cc(-c4ccccc4)no3)c(Cc3cccc4ccccc34)cc(=O)n21. The third-order valence-corrected chi connectivity index (χ3v) is 7.51. The summed E-state index contributed by atoms with van der Waals surface area (Å²) in [5.41, 5.74) is 3.86. The monoisotopic (exact) mass is 480 g/mol. The van der Waals surface area contributed by atoms with E-state index in [1.165, 1.54) is 16.3 Å². The highest BCUT2D eigenvalue weighted by Crippen LogP contribution is 2.42. The molecule has 0 spiro atoms. The second kappa shape index (κ2) is 8.60. The molecule has 0 bridgehead atoms. The summed E-state index contributed by atoms with van der Waals surface area (Å²) >= 11 is 1.37. The molecule has 1 atom stereocenters. The third-order valence-electron chi connectivity index (χ3n) is 6.35. The fourth-order valence-corrected chi connectivity index (χ4v) is 6.03. The van der Waals surface area contributed by atoms with Gasteiger partial charge in [-0.25, -0.2) is 4.79 Å². The van der Waals surface area contributed by atoms with E-state index in [-0.39, 0.29) is 11.3 Å². The zero-order valence-corrected chi connectivity index (χ0v) is 19.4. The molecule has 35 heavy (non-hydrogen) atoms. The van der Waals surface area contributed by atoms with Crippen LogP contribution in [0.3, 0.4) is 0 Å². The molecule has 5 aromatic rings. The second-order valence-corrected chi connectivity index (χ2v) is 9.49. The molecule has 0 fully saturated rings. The number of carboxylic acids is 1. The Bertz CT molecular complexity index is 1630. The van der Waals surface area contributed by atoms with E-state index in [0.717, 1.165) is 33.0 Å². The molecule has 1 N–H and O–H groups in total. The Kier molecular flexibility index (Phi) is 5.26. The summed E-state index contributed by atoms with van der Waals surface area (Å²) in [5.74, 6) is -0.218. The molecule has 1 aliphatic rings. The number of fused-ring (bicyclic) bond motifs is 2. The van der Waals surface area contributed by atoms with Crippen molar-refractivity contribution in [3.8, 4) is 22.6 Å². The van der Waals surface area contributed by atoms with Gasteiger partial charge in [-0.05, 0) is 28.3 Å². The number of carbonyl (C=O) groups is 1. The largest absolute Gasteiger partial charge is 0.480 e. The molecular weight excluding hydrogens is 460 g/mol. The first-order chi connectivity index (χ1) is 17.1. The van der Waals surface area contributed by atoms with Crippen LogP contribution in [0.5, 0.6) is 0 Å². The van der Waals surface area contributed by atoms with E-state index in [4.69, 9.17) is 4.52 Å². The predicted octanol–water partition coefficient (Wildman–Crippen LogP) is 5.65. The molecule has 6 nitrogen and oxygen atoms in total. The topological polar surface area (TPSA) is 85.3 Å². The highest BCUT2D eigenvalue weighted by Gasteiger charge is 2.34. The van der Waals surface area contributed by atoms with Crippen LogP contribution >= 0.6 is 11.8 Å². The first kappa shape index (κ1) is 21.4. The zero-order valence-electron chi connectivity index (χ0n) is 18.5. The van der Waals surface area contributed by atoms with Crippen molar-refractivity contribution in [2.75, 3.05) is 5.75 Å². The van der Waals surface area contributed by atoms with Crippen LogP contribution in [0, 0.1) is 0 Å². The number of rotatable bonds is 5. The highest BCUT2D eigenvalue weighted by molar-refractivity contribution is 7.99. The fraction of sp³-hybridized carbons (Fsp3) is 0.107. The van der Waals surface area contributed by atoms with Crippen LogP contribution in [0.25, 0.3) is 33.4 Å². The van der Waals surface area contributed by atoms with Crippen molar-refractivity contribution < 1.29 is 14.4 Å². The van der Waals surface area contributed by atoms with Crippen molar-refractivity contribution in [2.45, 2.75) is 17.5 Å². The maximum Gasteiger partial charge on any atom is 0.327 e. The van der Waals surface area contributed by atoms with Crippen LogP contribution in [0.15, 0.2) is 99.3 Å². The molecule has 3 heterocycles. The lowest BCUT2D eigenvalue weighted by atomic mass is 9.95. The van der Waals surface area contributed by atoms with Gasteiger partial charge in [-0.2, -0.15) is 0 Å². The summed E-state index contributed by atoms with van der Waals surface area (Å²) in [6.45, 7) is 0. The average molecular weight is 481 g/mol. The van der Waals surface area contributed by atoms with Gasteiger partial charge in [-0.1, -0.05) is 78.0 Å². The first-order valence-electron chi connectivity index (χ1n) is 11.2. The Morgan fingerprint density at radius 2 is 1.77 bits per heavy atom. The van der Waals surface area contributed by atoms with Gasteiger partial charge in [-0.3, -0.25) is 9.36 Å². The summed E-state index contributed by atoms with van der Waals surface area (Å²) < 4.78 is 7.18. The molecule has 172 valence electrons. The lowest BCUT2D eigenvalue weighted by Gasteiger charge is -2.15. The minimum Gasteiger partial charge on any atom is -0.480 e. The molecule has 2 aromatic heterocycles. The van der Waals surface area contributed by atoms with E-state index in [1.807, 2.05) is 54.6 Å². The zero-order chi connectivity index (χ0) is 23.9. The van der Waals surface area contributed by atoms with Gasteiger partial charge < -0.3 is 9.63 Å². The van der Waals surface area contributed by atoms with Crippen LogP contribution in [0.4, 0.5) is 0 Å². The second-order valence-electron chi connectivity index (χ2n) is 8.48. The fourth-order valence-electron chi connectivity index (χ4n) is 4.69. The van der Waals surface area contributed by atoms with Crippen LogP contribution in [0.1, 0.15) is 17.2 Å². The lowest BCUT2D eigenvalue weighted by Crippen LogP contribution is -2.29. The lowest BCUT2D eigenvalue weighted by molar-refractivity contribution is -0.140. The molecular formula is C28H20N2O4S. The minimum absolute atomic E-state index is 0.287. The van der Waals surface area contributed by atoms with Crippen molar-refractivity contribution in [2.24, 2.45) is 0 Å². The first-order valence-corrected chi connectivity index (χ1v) is 12.2. The Labute approximate surface area is 204 Å². The van der Waals surface area contributed by atoms with Crippen molar-refractivity contribution in [3.63, 3.8) is 0 Å². The van der Waals surface area contributed by atoms with Gasteiger partial charge >= 0.3 is 5.97 Å². The molecule has 6 rings (SSSR count). The van der Waals surface area contributed by atoms with Crippen molar-refractivity contribution in [3.05, 3.63) is 106 Å². The number of carboxylic acid groups (broad SMARTS) is 1. The van der Waals surface area contributed by atoms with Gasteiger partial charge in [-0.15, -0.1) is 11.8 Å². The maximum absolute atomic E-state index is 13.2. The van der Waals surface area contributed by atoms with Crippen molar-refractivity contribution in [1.29, 1.82) is 0 Å². The number of hydrogen-bond donors (Lipinski definition) is 1. The number of aliphatic carboxylic acids is 1. The molecule has 1 aliphatic heterocycles. The van der Waals surface area contributed by atoms with Crippen LogP contribution in [-0.4, -0.2) is 26.6 Å². The predicted molar refractivity (Wildman–Crippen MR) is 136 cm³/mol. The van der Waals surface area contributed by atoms with Crippen LogP contribution in [-0.2, 0) is 11.2 Å².